The predicted octanol–water partition coefficient (Wildman–Crippen LogP) is 2.73. The Morgan fingerprint density at radius 1 is 1.35 bits per heavy atom. The number of hydrogen-bond donors (Lipinski definition) is 3. The highest BCUT2D eigenvalue weighted by Gasteiger charge is 2.27. The van der Waals surface area contributed by atoms with Gasteiger partial charge in [-0.25, -0.2) is 0 Å². The number of hydrogen-bond acceptors (Lipinski definition) is 3. The van der Waals surface area contributed by atoms with E-state index in [9.17, 15) is 9.90 Å². The quantitative estimate of drug-likeness (QED) is 0.794. The van der Waals surface area contributed by atoms with Crippen molar-refractivity contribution in [2.75, 3.05) is 7.11 Å². The number of carbonyl (C=O) groups is 1. The van der Waals surface area contributed by atoms with Crippen LogP contribution in [0.15, 0.2) is 24.3 Å². The van der Waals surface area contributed by atoms with Gasteiger partial charge in [0.15, 0.2) is 0 Å². The highest BCUT2D eigenvalue weighted by molar-refractivity contribution is 5.83. The van der Waals surface area contributed by atoms with Crippen LogP contribution in [-0.2, 0) is 11.3 Å². The molecule has 1 saturated carbocycles. The molecule has 0 unspecified atom stereocenters. The van der Waals surface area contributed by atoms with Crippen molar-refractivity contribution in [1.29, 1.82) is 0 Å². The lowest BCUT2D eigenvalue weighted by Crippen LogP contribution is -2.39. The zero-order chi connectivity index (χ0) is 16.2. The summed E-state index contributed by atoms with van der Waals surface area (Å²) in [7, 11) is 1.64. The molecule has 0 bridgehead atoms. The van der Waals surface area contributed by atoms with Gasteiger partial charge in [0.1, 0.15) is 11.9 Å². The van der Waals surface area contributed by atoms with Crippen molar-refractivity contribution in [2.45, 2.75) is 44.8 Å². The number of aromatic nitrogens is 1. The van der Waals surface area contributed by atoms with Crippen LogP contribution < -0.4 is 10.1 Å². The number of amides is 1. The van der Waals surface area contributed by atoms with E-state index in [1.54, 1.807) is 7.11 Å². The van der Waals surface area contributed by atoms with Crippen molar-refractivity contribution in [2.24, 2.45) is 5.92 Å². The summed E-state index contributed by atoms with van der Waals surface area (Å²) < 4.78 is 5.21. The summed E-state index contributed by atoms with van der Waals surface area (Å²) in [4.78, 5) is 15.4. The van der Waals surface area contributed by atoms with Crippen molar-refractivity contribution in [3.63, 3.8) is 0 Å². The zero-order valence-electron chi connectivity index (χ0n) is 13.5. The minimum atomic E-state index is -0.889. The van der Waals surface area contributed by atoms with Gasteiger partial charge in [-0.05, 0) is 43.0 Å². The standard InChI is InChI=1S/C18H24N2O3/c1-23-15-7-8-16-13(10-15)9-14(20-16)11-19-18(22)17(21)12-5-3-2-4-6-12/h7-10,12,17,20-21H,2-6,11H2,1H3,(H,19,22)/t17-/m1/s1. The van der Waals surface area contributed by atoms with Crippen LogP contribution >= 0.6 is 0 Å². The summed E-state index contributed by atoms with van der Waals surface area (Å²) in [5, 5.41) is 14.1. The van der Waals surface area contributed by atoms with Crippen molar-refractivity contribution in [3.05, 3.63) is 30.0 Å². The van der Waals surface area contributed by atoms with Gasteiger partial charge in [-0.2, -0.15) is 0 Å². The summed E-state index contributed by atoms with van der Waals surface area (Å²) in [6, 6.07) is 7.80. The van der Waals surface area contributed by atoms with Gasteiger partial charge in [0.05, 0.1) is 13.7 Å². The van der Waals surface area contributed by atoms with E-state index in [1.165, 1.54) is 6.42 Å². The monoisotopic (exact) mass is 316 g/mol. The SMILES string of the molecule is COc1ccc2[nH]c(CNC(=O)[C@H](O)C3CCCCC3)cc2c1. The number of H-pyrrole nitrogens is 1. The summed E-state index contributed by atoms with van der Waals surface area (Å²) in [5.41, 5.74) is 1.92. The molecule has 0 saturated heterocycles. The van der Waals surface area contributed by atoms with E-state index in [0.29, 0.717) is 6.54 Å². The van der Waals surface area contributed by atoms with E-state index in [2.05, 4.69) is 10.3 Å². The predicted molar refractivity (Wildman–Crippen MR) is 89.3 cm³/mol. The molecule has 0 spiro atoms. The van der Waals surface area contributed by atoms with Crippen LogP contribution in [0, 0.1) is 5.92 Å². The van der Waals surface area contributed by atoms with Gasteiger partial charge >= 0.3 is 0 Å². The molecule has 0 radical (unpaired) electrons. The molecular weight excluding hydrogens is 292 g/mol. The number of methoxy groups -OCH3 is 1. The molecule has 0 aliphatic heterocycles. The summed E-state index contributed by atoms with van der Waals surface area (Å²) >= 11 is 0. The Morgan fingerprint density at radius 2 is 2.13 bits per heavy atom. The lowest BCUT2D eigenvalue weighted by molar-refractivity contribution is -0.132. The van der Waals surface area contributed by atoms with Crippen molar-refractivity contribution < 1.29 is 14.6 Å². The first-order valence-corrected chi connectivity index (χ1v) is 8.29. The van der Waals surface area contributed by atoms with Crippen LogP contribution in [0.3, 0.4) is 0 Å². The number of aliphatic hydroxyl groups excluding tert-OH is 1. The fraction of sp³-hybridized carbons (Fsp3) is 0.500. The van der Waals surface area contributed by atoms with E-state index in [0.717, 1.165) is 48.0 Å². The molecule has 1 amide bonds. The third kappa shape index (κ3) is 3.67. The van der Waals surface area contributed by atoms with Crippen molar-refractivity contribution in [1.82, 2.24) is 10.3 Å². The number of rotatable bonds is 5. The number of fused-ring (bicyclic) bond motifs is 1. The molecule has 23 heavy (non-hydrogen) atoms. The molecule has 1 aliphatic rings. The van der Waals surface area contributed by atoms with Crippen molar-refractivity contribution >= 4 is 16.8 Å². The summed E-state index contributed by atoms with van der Waals surface area (Å²) in [6.07, 6.45) is 4.43. The van der Waals surface area contributed by atoms with E-state index in [1.807, 2.05) is 24.3 Å². The van der Waals surface area contributed by atoms with Crippen LogP contribution in [0.4, 0.5) is 0 Å². The zero-order valence-corrected chi connectivity index (χ0v) is 13.5. The van der Waals surface area contributed by atoms with Gasteiger partial charge in [-0.1, -0.05) is 19.3 Å². The van der Waals surface area contributed by atoms with Crippen LogP contribution in [0.5, 0.6) is 5.75 Å². The van der Waals surface area contributed by atoms with E-state index in [4.69, 9.17) is 4.74 Å². The molecule has 1 aromatic carbocycles. The average molecular weight is 316 g/mol. The fourth-order valence-corrected chi connectivity index (χ4v) is 3.34. The van der Waals surface area contributed by atoms with Gasteiger partial charge in [0.25, 0.3) is 0 Å². The molecule has 3 N–H and O–H groups in total. The minimum absolute atomic E-state index is 0.107. The number of carbonyl (C=O) groups excluding carboxylic acids is 1. The Morgan fingerprint density at radius 3 is 2.87 bits per heavy atom. The number of ether oxygens (including phenoxy) is 1. The fourth-order valence-electron chi connectivity index (χ4n) is 3.34. The van der Waals surface area contributed by atoms with Gasteiger partial charge in [-0.3, -0.25) is 4.79 Å². The highest BCUT2D eigenvalue weighted by Crippen LogP contribution is 2.26. The van der Waals surface area contributed by atoms with Crippen LogP contribution in [0.25, 0.3) is 10.9 Å². The van der Waals surface area contributed by atoms with Crippen LogP contribution in [0.2, 0.25) is 0 Å². The molecule has 2 aromatic rings. The topological polar surface area (TPSA) is 74.3 Å². The molecular formula is C18H24N2O3. The second-order valence-corrected chi connectivity index (χ2v) is 6.31. The Kier molecular flexibility index (Phi) is 4.86. The molecule has 3 rings (SSSR count). The van der Waals surface area contributed by atoms with Crippen LogP contribution in [0.1, 0.15) is 37.8 Å². The normalized spacial score (nSPS) is 17.1. The van der Waals surface area contributed by atoms with Crippen LogP contribution in [-0.4, -0.2) is 29.2 Å². The largest absolute Gasteiger partial charge is 0.497 e. The molecule has 1 fully saturated rings. The average Bonchev–Trinajstić information content (AvgIpc) is 3.01. The molecule has 1 heterocycles. The van der Waals surface area contributed by atoms with Gasteiger partial charge in [0.2, 0.25) is 5.91 Å². The molecule has 1 aliphatic carbocycles. The second kappa shape index (κ2) is 7.04. The number of aliphatic hydroxyl groups is 1. The first kappa shape index (κ1) is 15.9. The number of aromatic amines is 1. The first-order chi connectivity index (χ1) is 11.2. The molecule has 5 nitrogen and oxygen atoms in total. The molecule has 5 heteroatoms. The lowest BCUT2D eigenvalue weighted by Gasteiger charge is -2.25. The smallest absolute Gasteiger partial charge is 0.249 e. The third-order valence-corrected chi connectivity index (χ3v) is 4.70. The summed E-state index contributed by atoms with van der Waals surface area (Å²) in [6.45, 7) is 0.389. The minimum Gasteiger partial charge on any atom is -0.497 e. The maximum Gasteiger partial charge on any atom is 0.249 e. The van der Waals surface area contributed by atoms with E-state index >= 15 is 0 Å². The third-order valence-electron chi connectivity index (χ3n) is 4.70. The highest BCUT2D eigenvalue weighted by atomic mass is 16.5. The Hall–Kier alpha value is -2.01. The van der Waals surface area contributed by atoms with Gasteiger partial charge in [0, 0.05) is 16.6 Å². The van der Waals surface area contributed by atoms with E-state index in [-0.39, 0.29) is 11.8 Å². The molecule has 1 atom stereocenters. The maximum absolute atomic E-state index is 12.1. The maximum atomic E-state index is 12.1. The Labute approximate surface area is 136 Å². The van der Waals surface area contributed by atoms with Gasteiger partial charge < -0.3 is 20.1 Å². The molecule has 1 aromatic heterocycles. The number of nitrogens with one attached hydrogen (secondary N) is 2. The van der Waals surface area contributed by atoms with Gasteiger partial charge in [-0.15, -0.1) is 0 Å². The Balaban J connectivity index is 1.59. The lowest BCUT2D eigenvalue weighted by atomic mass is 9.85. The number of benzene rings is 1. The van der Waals surface area contributed by atoms with E-state index < -0.39 is 6.10 Å². The molecule has 124 valence electrons. The second-order valence-electron chi connectivity index (χ2n) is 6.31. The Bertz CT molecular complexity index is 674. The first-order valence-electron chi connectivity index (χ1n) is 8.29. The van der Waals surface area contributed by atoms with Crippen molar-refractivity contribution in [3.8, 4) is 5.75 Å². The summed E-state index contributed by atoms with van der Waals surface area (Å²) in [5.74, 6) is 0.642.